The average Bonchev–Trinajstić information content (AvgIpc) is 3.99. The molecule has 5 amide bonds. The first kappa shape index (κ1) is 57.3. The van der Waals surface area contributed by atoms with Crippen molar-refractivity contribution in [3.05, 3.63) is 71.9 Å². The Morgan fingerprint density at radius 2 is 1.53 bits per heavy atom. The lowest BCUT2D eigenvalue weighted by atomic mass is 9.89. The largest absolute Gasteiger partial charge is 0.481 e. The predicted molar refractivity (Wildman–Crippen MR) is 272 cm³/mol. The second-order valence-corrected chi connectivity index (χ2v) is 20.0. The first-order valence-corrected chi connectivity index (χ1v) is 25.4. The van der Waals surface area contributed by atoms with Gasteiger partial charge in [-0.1, -0.05) is 110 Å². The molecular weight excluding hydrogens is 891 g/mol. The van der Waals surface area contributed by atoms with Gasteiger partial charge in [-0.05, 0) is 74.2 Å². The van der Waals surface area contributed by atoms with Gasteiger partial charge >= 0.3 is 5.97 Å². The maximum Gasteiger partial charge on any atom is 0.303 e. The summed E-state index contributed by atoms with van der Waals surface area (Å²) in [5, 5.41) is 19.1. The van der Waals surface area contributed by atoms with Gasteiger partial charge in [-0.25, -0.2) is 0 Å². The van der Waals surface area contributed by atoms with Gasteiger partial charge in [-0.3, -0.25) is 33.7 Å². The monoisotopic (exact) mass is 974 g/mol. The second-order valence-electron chi connectivity index (χ2n) is 20.0. The molecule has 4 rings (SSSR count). The fourth-order valence-corrected chi connectivity index (χ4v) is 10.2. The first-order chi connectivity index (χ1) is 33.3. The molecule has 16 heteroatoms. The quantitative estimate of drug-likeness (QED) is 0.0501. The molecule has 5 N–H and O–H groups in total. The molecule has 0 saturated carbocycles. The van der Waals surface area contributed by atoms with E-state index in [0.717, 1.165) is 34.9 Å². The number of carbonyl (C=O) groups is 6. The lowest BCUT2D eigenvalue weighted by molar-refractivity contribution is -0.148. The van der Waals surface area contributed by atoms with Crippen LogP contribution in [-0.2, 0) is 51.2 Å². The summed E-state index contributed by atoms with van der Waals surface area (Å²) in [6.07, 6.45) is 4.86. The summed E-state index contributed by atoms with van der Waals surface area (Å²) < 4.78 is 12.2. The summed E-state index contributed by atoms with van der Waals surface area (Å²) in [5.74, 6) is -3.38. The number of likely N-dealkylation sites (tertiary alicyclic amines) is 1. The molecule has 0 aliphatic carbocycles. The molecule has 1 fully saturated rings. The van der Waals surface area contributed by atoms with Crippen molar-refractivity contribution >= 4 is 46.4 Å². The van der Waals surface area contributed by atoms with E-state index in [0.29, 0.717) is 45.3 Å². The summed E-state index contributed by atoms with van der Waals surface area (Å²) in [4.78, 5) is 91.0. The van der Waals surface area contributed by atoms with E-state index >= 15 is 0 Å². The van der Waals surface area contributed by atoms with Crippen LogP contribution in [0, 0.1) is 23.7 Å². The maximum atomic E-state index is 14.6. The number of nitrogens with zero attached hydrogens (tertiary/aromatic N) is 3. The third-order valence-corrected chi connectivity index (χ3v) is 14.3. The highest BCUT2D eigenvalue weighted by Gasteiger charge is 2.43. The third kappa shape index (κ3) is 15.6. The molecule has 2 heterocycles. The van der Waals surface area contributed by atoms with Gasteiger partial charge in [0.15, 0.2) is 0 Å². The van der Waals surface area contributed by atoms with E-state index in [2.05, 4.69) is 20.9 Å². The number of hydrogen-bond donors (Lipinski definition) is 5. The van der Waals surface area contributed by atoms with E-state index in [9.17, 15) is 28.8 Å². The van der Waals surface area contributed by atoms with Crippen LogP contribution in [0.25, 0.3) is 10.9 Å². The fourth-order valence-electron chi connectivity index (χ4n) is 10.2. The molecule has 1 aliphatic rings. The van der Waals surface area contributed by atoms with Gasteiger partial charge in [0.2, 0.25) is 29.5 Å². The minimum Gasteiger partial charge on any atom is -0.481 e. The zero-order valence-electron chi connectivity index (χ0n) is 43.7. The number of fused-ring (bicyclic) bond motifs is 1. The zero-order valence-corrected chi connectivity index (χ0v) is 43.7. The standard InChI is InChI=1S/C54H83N7O9/c1-12-36(6)49(60(9)54(68)47(34(2)3)58-53(67)48(35(4)5)59(8)28-20-14-17-27-46(63)64)44(69-10)31-45(62)61-29-21-26-43(61)50(70-11)37(7)51(65)57-42(52(66)56-32-38-22-15-13-16-23-38)30-39-33-55-41-25-19-18-24-40(39)41/h13,15-16,18-19,22-25,33-37,42-44,47-50,55H,12,14,17,20-21,26-32H2,1-11H3,(H,56,66)(H,57,65)(H,58,67)(H,63,64). The third-order valence-electron chi connectivity index (χ3n) is 14.3. The Bertz CT molecular complexity index is 2150. The molecule has 3 aromatic rings. The van der Waals surface area contributed by atoms with Crippen LogP contribution < -0.4 is 16.0 Å². The number of H-pyrrole nitrogens is 1. The number of aromatic nitrogens is 1. The number of ether oxygens (including phenoxy) is 2. The van der Waals surface area contributed by atoms with E-state index < -0.39 is 54.3 Å². The van der Waals surface area contributed by atoms with Crippen LogP contribution in [-0.4, -0.2) is 144 Å². The van der Waals surface area contributed by atoms with Crippen molar-refractivity contribution < 1.29 is 43.3 Å². The van der Waals surface area contributed by atoms with E-state index in [4.69, 9.17) is 14.6 Å². The molecule has 70 heavy (non-hydrogen) atoms. The van der Waals surface area contributed by atoms with Crippen LogP contribution in [0.5, 0.6) is 0 Å². The number of carbonyl (C=O) groups excluding carboxylic acids is 5. The first-order valence-electron chi connectivity index (χ1n) is 25.4. The van der Waals surface area contributed by atoms with E-state index in [1.165, 1.54) is 0 Å². The zero-order chi connectivity index (χ0) is 51.7. The number of para-hydroxylation sites is 1. The number of amides is 5. The van der Waals surface area contributed by atoms with E-state index in [1.54, 1.807) is 38.0 Å². The van der Waals surface area contributed by atoms with Crippen LogP contribution in [0.15, 0.2) is 60.8 Å². The summed E-state index contributed by atoms with van der Waals surface area (Å²) >= 11 is 0. The fraction of sp³-hybridized carbons (Fsp3) is 0.630. The number of aromatic amines is 1. The van der Waals surface area contributed by atoms with Gasteiger partial charge in [0.05, 0.1) is 42.7 Å². The van der Waals surface area contributed by atoms with Gasteiger partial charge in [0.25, 0.3) is 0 Å². The highest BCUT2D eigenvalue weighted by molar-refractivity contribution is 5.91. The van der Waals surface area contributed by atoms with Crippen molar-refractivity contribution in [2.45, 2.75) is 155 Å². The predicted octanol–water partition coefficient (Wildman–Crippen LogP) is 6.17. The van der Waals surface area contributed by atoms with Crippen molar-refractivity contribution in [3.8, 4) is 0 Å². The van der Waals surface area contributed by atoms with E-state index in [1.807, 2.05) is 114 Å². The van der Waals surface area contributed by atoms with Gasteiger partial charge in [0.1, 0.15) is 12.1 Å². The molecule has 9 unspecified atom stereocenters. The number of aliphatic carboxylic acids is 1. The molecule has 0 radical (unpaired) electrons. The normalized spacial score (nSPS) is 17.4. The molecule has 9 atom stereocenters. The van der Waals surface area contributed by atoms with Gasteiger partial charge < -0.3 is 45.3 Å². The molecule has 0 spiro atoms. The summed E-state index contributed by atoms with van der Waals surface area (Å²) in [5.41, 5.74) is 2.75. The maximum absolute atomic E-state index is 14.6. The smallest absolute Gasteiger partial charge is 0.303 e. The van der Waals surface area contributed by atoms with Crippen LogP contribution in [0.4, 0.5) is 0 Å². The van der Waals surface area contributed by atoms with Crippen LogP contribution >= 0.6 is 0 Å². The Labute approximate surface area is 416 Å². The summed E-state index contributed by atoms with van der Waals surface area (Å²) in [6.45, 7) is 14.9. The lowest BCUT2D eigenvalue weighted by Crippen LogP contribution is -2.60. The number of methoxy groups -OCH3 is 2. The lowest BCUT2D eigenvalue weighted by Gasteiger charge is -2.41. The topological polar surface area (TPSA) is 203 Å². The van der Waals surface area contributed by atoms with Crippen LogP contribution in [0.3, 0.4) is 0 Å². The van der Waals surface area contributed by atoms with Crippen LogP contribution in [0.1, 0.15) is 111 Å². The second kappa shape index (κ2) is 27.9. The Balaban J connectivity index is 1.48. The van der Waals surface area contributed by atoms with Crippen molar-refractivity contribution in [2.24, 2.45) is 23.7 Å². The molecule has 1 aromatic heterocycles. The summed E-state index contributed by atoms with van der Waals surface area (Å²) in [6, 6.07) is 14.2. The minimum absolute atomic E-state index is 0.0314. The van der Waals surface area contributed by atoms with Crippen molar-refractivity contribution in [2.75, 3.05) is 41.4 Å². The Hall–Kier alpha value is -5.32. The summed E-state index contributed by atoms with van der Waals surface area (Å²) in [7, 11) is 6.69. The Kier molecular flexibility index (Phi) is 22.8. The molecule has 1 saturated heterocycles. The molecular formula is C54H83N7O9. The van der Waals surface area contributed by atoms with Crippen molar-refractivity contribution in [3.63, 3.8) is 0 Å². The number of likely N-dealkylation sites (N-methyl/N-ethyl adjacent to an activating group) is 2. The highest BCUT2D eigenvalue weighted by atomic mass is 16.5. The van der Waals surface area contributed by atoms with Crippen molar-refractivity contribution in [1.82, 2.24) is 35.6 Å². The number of carboxylic acids is 1. The highest BCUT2D eigenvalue weighted by Crippen LogP contribution is 2.30. The van der Waals surface area contributed by atoms with Gasteiger partial charge in [-0.2, -0.15) is 0 Å². The molecule has 388 valence electrons. The molecule has 16 nitrogen and oxygen atoms in total. The number of hydrogen-bond acceptors (Lipinski definition) is 9. The van der Waals surface area contributed by atoms with Crippen LogP contribution in [0.2, 0.25) is 0 Å². The average molecular weight is 974 g/mol. The number of rotatable bonds is 29. The van der Waals surface area contributed by atoms with Gasteiger partial charge in [-0.15, -0.1) is 0 Å². The Morgan fingerprint density at radius 1 is 0.843 bits per heavy atom. The number of carboxylic acid groups (broad SMARTS) is 1. The van der Waals surface area contributed by atoms with Crippen molar-refractivity contribution in [1.29, 1.82) is 0 Å². The molecule has 2 aromatic carbocycles. The minimum atomic E-state index is -0.897. The molecule has 1 aliphatic heterocycles. The number of unbranched alkanes of at least 4 members (excludes halogenated alkanes) is 2. The number of benzene rings is 2. The SMILES string of the molecule is CCC(C)C(C(CC(=O)N1CCCC1C(OC)C(C)C(=O)NC(Cc1c[nH]c2ccccc12)C(=O)NCc1ccccc1)OC)N(C)C(=O)C(NC(=O)C(C(C)C)N(C)CCCCCC(=O)O)C(C)C. The number of nitrogens with one attached hydrogen (secondary N) is 4. The van der Waals surface area contributed by atoms with E-state index in [-0.39, 0.29) is 66.6 Å². The van der Waals surface area contributed by atoms with Gasteiger partial charge in [0, 0.05) is 64.3 Å². The molecule has 0 bridgehead atoms. The Morgan fingerprint density at radius 3 is 2.16 bits per heavy atom.